The minimum Gasteiger partial charge on any atom is -0.492 e. The highest BCUT2D eigenvalue weighted by Crippen LogP contribution is 2.36. The molecule has 122 valence electrons. The molecule has 1 atom stereocenters. The van der Waals surface area contributed by atoms with Crippen molar-refractivity contribution in [3.63, 3.8) is 0 Å². The molecule has 0 radical (unpaired) electrons. The van der Waals surface area contributed by atoms with E-state index in [4.69, 9.17) is 4.74 Å². The molecule has 0 aliphatic carbocycles. The SMILES string of the molecule is CCOc1cc(-c2ccccc2)sc1C(=O)NCC1CCCN1. The molecule has 4 nitrogen and oxygen atoms in total. The Kier molecular flexibility index (Phi) is 5.31. The molecular weight excluding hydrogens is 308 g/mol. The van der Waals surface area contributed by atoms with E-state index in [1.807, 2.05) is 43.3 Å². The summed E-state index contributed by atoms with van der Waals surface area (Å²) in [7, 11) is 0. The zero-order chi connectivity index (χ0) is 16.1. The van der Waals surface area contributed by atoms with Crippen molar-refractivity contribution < 1.29 is 9.53 Å². The predicted octanol–water partition coefficient (Wildman–Crippen LogP) is 3.30. The van der Waals surface area contributed by atoms with E-state index in [1.165, 1.54) is 17.8 Å². The van der Waals surface area contributed by atoms with E-state index < -0.39 is 0 Å². The summed E-state index contributed by atoms with van der Waals surface area (Å²) < 4.78 is 5.67. The van der Waals surface area contributed by atoms with Gasteiger partial charge in [0.05, 0.1) is 6.61 Å². The van der Waals surface area contributed by atoms with E-state index in [0.717, 1.165) is 23.4 Å². The van der Waals surface area contributed by atoms with Crippen molar-refractivity contribution in [1.82, 2.24) is 10.6 Å². The van der Waals surface area contributed by atoms with E-state index >= 15 is 0 Å². The monoisotopic (exact) mass is 330 g/mol. The van der Waals surface area contributed by atoms with Crippen molar-refractivity contribution in [1.29, 1.82) is 0 Å². The summed E-state index contributed by atoms with van der Waals surface area (Å²) in [6.45, 7) is 4.20. The molecule has 2 N–H and O–H groups in total. The maximum atomic E-state index is 12.5. The van der Waals surface area contributed by atoms with Crippen LogP contribution in [0.15, 0.2) is 36.4 Å². The number of ether oxygens (including phenoxy) is 1. The summed E-state index contributed by atoms with van der Waals surface area (Å²) in [5, 5.41) is 6.43. The van der Waals surface area contributed by atoms with Crippen LogP contribution in [0.5, 0.6) is 5.75 Å². The smallest absolute Gasteiger partial charge is 0.265 e. The first-order chi connectivity index (χ1) is 11.3. The lowest BCUT2D eigenvalue weighted by molar-refractivity contribution is 0.0951. The summed E-state index contributed by atoms with van der Waals surface area (Å²) in [6.07, 6.45) is 2.31. The van der Waals surface area contributed by atoms with E-state index in [9.17, 15) is 4.79 Å². The van der Waals surface area contributed by atoms with Gasteiger partial charge >= 0.3 is 0 Å². The number of nitrogens with one attached hydrogen (secondary N) is 2. The molecule has 1 unspecified atom stereocenters. The fourth-order valence-electron chi connectivity index (χ4n) is 2.77. The molecule has 0 saturated carbocycles. The van der Waals surface area contributed by atoms with Gasteiger partial charge in [0.2, 0.25) is 0 Å². The van der Waals surface area contributed by atoms with Crippen LogP contribution in [-0.4, -0.2) is 31.6 Å². The molecule has 1 aliphatic rings. The molecule has 0 bridgehead atoms. The molecule has 1 amide bonds. The predicted molar refractivity (Wildman–Crippen MR) is 94.3 cm³/mol. The van der Waals surface area contributed by atoms with Gasteiger partial charge in [-0.25, -0.2) is 0 Å². The molecule has 1 aromatic carbocycles. The van der Waals surface area contributed by atoms with Gasteiger partial charge in [-0.1, -0.05) is 30.3 Å². The summed E-state index contributed by atoms with van der Waals surface area (Å²) in [5.41, 5.74) is 1.11. The third kappa shape index (κ3) is 3.92. The fourth-order valence-corrected chi connectivity index (χ4v) is 3.79. The minimum atomic E-state index is -0.0469. The van der Waals surface area contributed by atoms with Crippen LogP contribution in [0.25, 0.3) is 10.4 Å². The lowest BCUT2D eigenvalue weighted by Crippen LogP contribution is -2.37. The van der Waals surface area contributed by atoms with Gasteiger partial charge in [-0.05, 0) is 37.9 Å². The Bertz CT molecular complexity index is 648. The number of carbonyl (C=O) groups is 1. The molecule has 1 saturated heterocycles. The Hall–Kier alpha value is -1.85. The molecule has 3 rings (SSSR count). The average Bonchev–Trinajstić information content (AvgIpc) is 3.23. The van der Waals surface area contributed by atoms with Gasteiger partial charge in [-0.15, -0.1) is 11.3 Å². The standard InChI is InChI=1S/C18H22N2O2S/c1-2-22-15-11-16(13-7-4-3-5-8-13)23-17(15)18(21)20-12-14-9-6-10-19-14/h3-5,7-8,11,14,19H,2,6,9-10,12H2,1H3,(H,20,21). The molecule has 2 aromatic rings. The molecule has 5 heteroatoms. The number of rotatable bonds is 6. The summed E-state index contributed by atoms with van der Waals surface area (Å²) in [6, 6.07) is 12.4. The van der Waals surface area contributed by atoms with Crippen LogP contribution in [0.4, 0.5) is 0 Å². The molecule has 1 aliphatic heterocycles. The van der Waals surface area contributed by atoms with E-state index in [1.54, 1.807) is 0 Å². The first-order valence-electron chi connectivity index (χ1n) is 8.11. The molecule has 1 aromatic heterocycles. The molecule has 0 spiro atoms. The van der Waals surface area contributed by atoms with Crippen molar-refractivity contribution in [2.24, 2.45) is 0 Å². The molecule has 23 heavy (non-hydrogen) atoms. The van der Waals surface area contributed by atoms with Gasteiger partial charge in [0.25, 0.3) is 5.91 Å². The largest absolute Gasteiger partial charge is 0.492 e. The van der Waals surface area contributed by atoms with Crippen LogP contribution in [0, 0.1) is 0 Å². The second-order valence-corrected chi connectivity index (χ2v) is 6.66. The quantitative estimate of drug-likeness (QED) is 0.854. The van der Waals surface area contributed by atoms with Gasteiger partial charge in [0, 0.05) is 17.5 Å². The van der Waals surface area contributed by atoms with E-state index in [-0.39, 0.29) is 5.91 Å². The van der Waals surface area contributed by atoms with Crippen molar-refractivity contribution >= 4 is 17.2 Å². The molecular formula is C18H22N2O2S. The molecule has 1 fully saturated rings. The topological polar surface area (TPSA) is 50.4 Å². The van der Waals surface area contributed by atoms with Crippen LogP contribution < -0.4 is 15.4 Å². The Balaban J connectivity index is 1.76. The zero-order valence-corrected chi connectivity index (χ0v) is 14.1. The Morgan fingerprint density at radius 1 is 1.39 bits per heavy atom. The number of thiophene rings is 1. The van der Waals surface area contributed by atoms with Gasteiger partial charge in [0.1, 0.15) is 10.6 Å². The van der Waals surface area contributed by atoms with Gasteiger partial charge in [0.15, 0.2) is 0 Å². The number of hydrogen-bond donors (Lipinski definition) is 2. The fraction of sp³-hybridized carbons (Fsp3) is 0.389. The highest BCUT2D eigenvalue weighted by molar-refractivity contribution is 7.17. The average molecular weight is 330 g/mol. The Labute approximate surface area is 140 Å². The minimum absolute atomic E-state index is 0.0469. The van der Waals surface area contributed by atoms with E-state index in [0.29, 0.717) is 29.8 Å². The number of benzene rings is 1. The first-order valence-corrected chi connectivity index (χ1v) is 8.93. The van der Waals surface area contributed by atoms with Crippen molar-refractivity contribution in [3.05, 3.63) is 41.3 Å². The molecule has 2 heterocycles. The number of hydrogen-bond acceptors (Lipinski definition) is 4. The van der Waals surface area contributed by atoms with Crippen LogP contribution in [0.2, 0.25) is 0 Å². The lowest BCUT2D eigenvalue weighted by atomic mass is 10.2. The van der Waals surface area contributed by atoms with E-state index in [2.05, 4.69) is 10.6 Å². The van der Waals surface area contributed by atoms with Crippen LogP contribution in [0.3, 0.4) is 0 Å². The first kappa shape index (κ1) is 16.0. The maximum Gasteiger partial charge on any atom is 0.265 e. The highest BCUT2D eigenvalue weighted by atomic mass is 32.1. The Morgan fingerprint density at radius 3 is 2.91 bits per heavy atom. The lowest BCUT2D eigenvalue weighted by Gasteiger charge is -2.11. The van der Waals surface area contributed by atoms with Crippen molar-refractivity contribution in [2.45, 2.75) is 25.8 Å². The second kappa shape index (κ2) is 7.62. The number of amides is 1. The highest BCUT2D eigenvalue weighted by Gasteiger charge is 2.20. The van der Waals surface area contributed by atoms with Crippen LogP contribution in [0.1, 0.15) is 29.4 Å². The van der Waals surface area contributed by atoms with Crippen molar-refractivity contribution in [3.8, 4) is 16.2 Å². The number of carbonyl (C=O) groups excluding carboxylic acids is 1. The van der Waals surface area contributed by atoms with Crippen LogP contribution in [-0.2, 0) is 0 Å². The third-order valence-corrected chi connectivity index (χ3v) is 5.10. The van der Waals surface area contributed by atoms with Crippen molar-refractivity contribution in [2.75, 3.05) is 19.7 Å². The summed E-state index contributed by atoms with van der Waals surface area (Å²) >= 11 is 1.49. The Morgan fingerprint density at radius 2 is 2.22 bits per heavy atom. The van der Waals surface area contributed by atoms with Gasteiger partial charge < -0.3 is 15.4 Å². The normalized spacial score (nSPS) is 17.2. The maximum absolute atomic E-state index is 12.5. The van der Waals surface area contributed by atoms with Gasteiger partial charge in [-0.2, -0.15) is 0 Å². The van der Waals surface area contributed by atoms with Crippen LogP contribution >= 0.6 is 11.3 Å². The second-order valence-electron chi connectivity index (χ2n) is 5.61. The zero-order valence-electron chi connectivity index (χ0n) is 13.3. The van der Waals surface area contributed by atoms with Gasteiger partial charge in [-0.3, -0.25) is 4.79 Å². The summed E-state index contributed by atoms with van der Waals surface area (Å²) in [4.78, 5) is 14.2. The summed E-state index contributed by atoms with van der Waals surface area (Å²) in [5.74, 6) is 0.627. The third-order valence-electron chi connectivity index (χ3n) is 3.93.